The van der Waals surface area contributed by atoms with Crippen LogP contribution < -0.4 is 0 Å². The molecule has 0 heterocycles. The van der Waals surface area contributed by atoms with E-state index in [1.54, 1.807) is 0 Å². The fraction of sp³-hybridized carbons (Fsp3) is 0.143. The molecule has 0 amide bonds. The van der Waals surface area contributed by atoms with Crippen molar-refractivity contribution in [3.63, 3.8) is 0 Å². The van der Waals surface area contributed by atoms with Gasteiger partial charge < -0.3 is 0 Å². The van der Waals surface area contributed by atoms with Crippen molar-refractivity contribution < 1.29 is 0 Å². The third kappa shape index (κ3) is 1.01. The van der Waals surface area contributed by atoms with Crippen molar-refractivity contribution in [3.05, 3.63) is 35.9 Å². The maximum absolute atomic E-state index is 5.59. The number of hydrogen-bond donors (Lipinski definition) is 0. The quantitative estimate of drug-likeness (QED) is 0.507. The Balaban J connectivity index is 2.62. The molecule has 0 atom stereocenters. The van der Waals surface area contributed by atoms with E-state index in [1.165, 1.54) is 0 Å². The zero-order valence-corrected chi connectivity index (χ0v) is 5.23. The molecular weight excluding hydrogens is 120 g/mol. The first kappa shape index (κ1) is 5.64. The molecule has 0 aromatic carbocycles. The third-order valence-corrected chi connectivity index (χ3v) is 1.36. The summed E-state index contributed by atoms with van der Waals surface area (Å²) in [6.45, 7) is 3.60. The Morgan fingerprint density at radius 1 is 1.38 bits per heavy atom. The Bertz CT molecular complexity index is 142. The molecule has 8 heavy (non-hydrogen) atoms. The molecule has 0 saturated carbocycles. The average molecular weight is 127 g/mol. The van der Waals surface area contributed by atoms with Crippen LogP contribution in [0.4, 0.5) is 0 Å². The highest BCUT2D eigenvalue weighted by Gasteiger charge is 2.03. The lowest BCUT2D eigenvalue weighted by Crippen LogP contribution is -1.84. The van der Waals surface area contributed by atoms with Crippen LogP contribution in [0.15, 0.2) is 35.9 Å². The predicted molar refractivity (Wildman–Crippen MR) is 36.8 cm³/mol. The van der Waals surface area contributed by atoms with Crippen LogP contribution in [0.2, 0.25) is 0 Å². The van der Waals surface area contributed by atoms with Gasteiger partial charge in [0.25, 0.3) is 0 Å². The Morgan fingerprint density at radius 3 is 2.12 bits per heavy atom. The number of rotatable bonds is 1. The summed E-state index contributed by atoms with van der Waals surface area (Å²) < 4.78 is 0. The normalized spacial score (nSPS) is 17.6. The average Bonchev–Trinajstić information content (AvgIpc) is 2.12. The molecule has 42 valence electrons. The van der Waals surface area contributed by atoms with Crippen LogP contribution >= 0.6 is 11.6 Å². The van der Waals surface area contributed by atoms with Gasteiger partial charge in [-0.05, 0) is 0 Å². The highest BCUT2D eigenvalue weighted by Crippen LogP contribution is 2.19. The standard InChI is InChI=1S/C7H7Cl/c1-6(8)7-4-2-3-5-7/h2-5,7H,1H2. The van der Waals surface area contributed by atoms with E-state index in [4.69, 9.17) is 11.6 Å². The minimum atomic E-state index is 0.275. The van der Waals surface area contributed by atoms with Gasteiger partial charge in [0, 0.05) is 11.0 Å². The molecule has 0 fully saturated rings. The van der Waals surface area contributed by atoms with Crippen LogP contribution in [-0.4, -0.2) is 0 Å². The van der Waals surface area contributed by atoms with Gasteiger partial charge in [0.1, 0.15) is 0 Å². The van der Waals surface area contributed by atoms with Crippen molar-refractivity contribution in [2.24, 2.45) is 5.92 Å². The fourth-order valence-corrected chi connectivity index (χ4v) is 0.786. The number of halogens is 1. The highest BCUT2D eigenvalue weighted by atomic mass is 35.5. The van der Waals surface area contributed by atoms with Gasteiger partial charge in [-0.15, -0.1) is 0 Å². The SMILES string of the molecule is C=C(Cl)C1C=CC=C1. The summed E-state index contributed by atoms with van der Waals surface area (Å²) >= 11 is 5.59. The predicted octanol–water partition coefficient (Wildman–Crippen LogP) is 2.48. The largest absolute Gasteiger partial charge is 0.0888 e. The van der Waals surface area contributed by atoms with Crippen molar-refractivity contribution in [2.45, 2.75) is 0 Å². The molecule has 1 heteroatoms. The maximum Gasteiger partial charge on any atom is 0.0307 e. The molecule has 0 spiro atoms. The molecule has 1 aliphatic carbocycles. The van der Waals surface area contributed by atoms with Gasteiger partial charge in [-0.25, -0.2) is 0 Å². The van der Waals surface area contributed by atoms with E-state index in [0.717, 1.165) is 0 Å². The summed E-state index contributed by atoms with van der Waals surface area (Å²) in [5, 5.41) is 0.690. The molecule has 0 aromatic rings. The van der Waals surface area contributed by atoms with Crippen molar-refractivity contribution in [3.8, 4) is 0 Å². The van der Waals surface area contributed by atoms with Gasteiger partial charge in [-0.1, -0.05) is 42.5 Å². The summed E-state index contributed by atoms with van der Waals surface area (Å²) in [7, 11) is 0. The van der Waals surface area contributed by atoms with Crippen molar-refractivity contribution in [1.29, 1.82) is 0 Å². The van der Waals surface area contributed by atoms with E-state index in [2.05, 4.69) is 6.58 Å². The van der Waals surface area contributed by atoms with Crippen molar-refractivity contribution in [2.75, 3.05) is 0 Å². The molecule has 0 N–H and O–H groups in total. The Kier molecular flexibility index (Phi) is 1.54. The van der Waals surface area contributed by atoms with E-state index in [1.807, 2.05) is 24.3 Å². The van der Waals surface area contributed by atoms with Crippen LogP contribution in [0.1, 0.15) is 0 Å². The van der Waals surface area contributed by atoms with E-state index >= 15 is 0 Å². The zero-order chi connectivity index (χ0) is 5.98. The lowest BCUT2D eigenvalue weighted by molar-refractivity contribution is 1.07. The van der Waals surface area contributed by atoms with Gasteiger partial charge in [0.15, 0.2) is 0 Å². The zero-order valence-electron chi connectivity index (χ0n) is 4.47. The lowest BCUT2D eigenvalue weighted by Gasteiger charge is -1.97. The minimum absolute atomic E-state index is 0.275. The minimum Gasteiger partial charge on any atom is -0.0888 e. The Labute approximate surface area is 54.2 Å². The molecule has 0 aromatic heterocycles. The van der Waals surface area contributed by atoms with Gasteiger partial charge in [0.05, 0.1) is 0 Å². The second-order valence-corrected chi connectivity index (χ2v) is 2.23. The monoisotopic (exact) mass is 126 g/mol. The summed E-state index contributed by atoms with van der Waals surface area (Å²) in [4.78, 5) is 0. The molecule has 1 aliphatic rings. The highest BCUT2D eigenvalue weighted by molar-refractivity contribution is 6.29. The first-order valence-corrected chi connectivity index (χ1v) is 2.88. The smallest absolute Gasteiger partial charge is 0.0307 e. The molecule has 0 bridgehead atoms. The fourth-order valence-electron chi connectivity index (χ4n) is 0.641. The summed E-state index contributed by atoms with van der Waals surface area (Å²) in [5.74, 6) is 0.275. The second-order valence-electron chi connectivity index (χ2n) is 1.74. The topological polar surface area (TPSA) is 0 Å². The second kappa shape index (κ2) is 2.19. The molecule has 0 aliphatic heterocycles. The Morgan fingerprint density at radius 2 is 1.88 bits per heavy atom. The number of allylic oxidation sites excluding steroid dienone is 5. The van der Waals surface area contributed by atoms with Crippen LogP contribution in [-0.2, 0) is 0 Å². The molecule has 1 rings (SSSR count). The summed E-state index contributed by atoms with van der Waals surface area (Å²) in [5.41, 5.74) is 0. The Hall–Kier alpha value is -0.490. The van der Waals surface area contributed by atoms with E-state index < -0.39 is 0 Å². The maximum atomic E-state index is 5.59. The van der Waals surface area contributed by atoms with Gasteiger partial charge in [-0.2, -0.15) is 0 Å². The first-order valence-electron chi connectivity index (χ1n) is 2.50. The molecule has 0 radical (unpaired) electrons. The molecular formula is C7H7Cl. The van der Waals surface area contributed by atoms with Crippen LogP contribution in [0, 0.1) is 5.92 Å². The van der Waals surface area contributed by atoms with Crippen LogP contribution in [0.25, 0.3) is 0 Å². The third-order valence-electron chi connectivity index (χ3n) is 1.11. The first-order chi connectivity index (χ1) is 3.80. The van der Waals surface area contributed by atoms with Crippen LogP contribution in [0.3, 0.4) is 0 Å². The van der Waals surface area contributed by atoms with E-state index in [0.29, 0.717) is 5.03 Å². The van der Waals surface area contributed by atoms with Gasteiger partial charge in [-0.3, -0.25) is 0 Å². The summed E-state index contributed by atoms with van der Waals surface area (Å²) in [6, 6.07) is 0. The van der Waals surface area contributed by atoms with Crippen molar-refractivity contribution in [1.82, 2.24) is 0 Å². The molecule has 0 unspecified atom stereocenters. The van der Waals surface area contributed by atoms with E-state index in [9.17, 15) is 0 Å². The van der Waals surface area contributed by atoms with Crippen LogP contribution in [0.5, 0.6) is 0 Å². The van der Waals surface area contributed by atoms with E-state index in [-0.39, 0.29) is 5.92 Å². The number of hydrogen-bond acceptors (Lipinski definition) is 0. The molecule has 0 saturated heterocycles. The van der Waals surface area contributed by atoms with Gasteiger partial charge >= 0.3 is 0 Å². The summed E-state index contributed by atoms with van der Waals surface area (Å²) in [6.07, 6.45) is 7.96. The van der Waals surface area contributed by atoms with Crippen molar-refractivity contribution >= 4 is 11.6 Å². The van der Waals surface area contributed by atoms with Gasteiger partial charge in [0.2, 0.25) is 0 Å². The molecule has 0 nitrogen and oxygen atoms in total. The lowest BCUT2D eigenvalue weighted by atomic mass is 10.2.